The first-order chi connectivity index (χ1) is 38.1. The number of nitrogens with zero attached hydrogens (tertiary/aromatic N) is 6. The van der Waals surface area contributed by atoms with Gasteiger partial charge in [0.15, 0.2) is 0 Å². The van der Waals surface area contributed by atoms with Gasteiger partial charge in [-0.3, -0.25) is 39.6 Å². The summed E-state index contributed by atoms with van der Waals surface area (Å²) in [6.07, 6.45) is -3.36. The van der Waals surface area contributed by atoms with Crippen LogP contribution in [-0.2, 0) is 58.2 Å². The number of ether oxygens (including phenoxy) is 4. The van der Waals surface area contributed by atoms with E-state index < -0.39 is 140 Å². The van der Waals surface area contributed by atoms with E-state index in [-0.39, 0.29) is 64.7 Å². The molecule has 2 aromatic rings. The number of benzene rings is 2. The predicted molar refractivity (Wildman–Crippen MR) is 301 cm³/mol. The largest absolute Gasteiger partial charge is 0.444 e. The van der Waals surface area contributed by atoms with Gasteiger partial charge in [0, 0.05) is 38.6 Å². The molecule has 2 unspecified atom stereocenters. The second-order valence-corrected chi connectivity index (χ2v) is 27.1. The molecule has 0 aliphatic carbocycles. The Labute approximate surface area is 480 Å². The van der Waals surface area contributed by atoms with Gasteiger partial charge in [-0.15, -0.1) is 0 Å². The van der Waals surface area contributed by atoms with Gasteiger partial charge >= 0.3 is 24.4 Å². The van der Waals surface area contributed by atoms with Crippen LogP contribution in [0.3, 0.4) is 0 Å². The number of rotatable bonds is 19. The molecule has 4 saturated heterocycles. The van der Waals surface area contributed by atoms with Gasteiger partial charge in [0.1, 0.15) is 47.6 Å². The minimum Gasteiger partial charge on any atom is -0.444 e. The summed E-state index contributed by atoms with van der Waals surface area (Å²) in [5.74, 6) is -2.80. The molecule has 0 bridgehead atoms. The molecule has 4 fully saturated rings. The van der Waals surface area contributed by atoms with Crippen LogP contribution in [0.2, 0.25) is 0 Å². The standard InChI is InChI=1S/C54H80N10O16S2/c1-33(59(9)51(71)79-53(3,4)5)45(65)57-37(47(67)61-29-27-39-43(61)41(31-63(39)81(11,73)74)77-49(69)55-35-21-15-13-16-22-35)25-19-20-26-38(58-46(66)34(2)60(10)52(72)80-54(6,7)8)48(68)62-30-28-40-44(62)42(32-64(40)82(12,75)76)78-50(70)56-36-23-17-14-18-24-36/h13-18,21-24,33-34,37-44H,19-20,25-32H2,1-12H3,(H,55,69)(H,56,70)(H,57,65)(H,58,66)/t33-,34-,37?,38?,39+,40+,41-,42-,43-,44-/m0/s1. The highest BCUT2D eigenvalue weighted by Gasteiger charge is 2.57. The third-order valence-corrected chi connectivity index (χ3v) is 17.3. The van der Waals surface area contributed by atoms with Gasteiger partial charge in [0.2, 0.25) is 43.7 Å². The van der Waals surface area contributed by atoms with E-state index in [9.17, 15) is 45.6 Å². The third kappa shape index (κ3) is 16.5. The minimum absolute atomic E-state index is 0.00595. The average molecular weight is 1190 g/mol. The summed E-state index contributed by atoms with van der Waals surface area (Å²) >= 11 is 0. The van der Waals surface area contributed by atoms with E-state index >= 15 is 9.59 Å². The van der Waals surface area contributed by atoms with Crippen molar-refractivity contribution in [2.45, 2.75) is 166 Å². The zero-order valence-corrected chi connectivity index (χ0v) is 50.3. The van der Waals surface area contributed by atoms with Crippen LogP contribution in [0.5, 0.6) is 0 Å². The summed E-state index contributed by atoms with van der Waals surface area (Å²) in [6.45, 7) is 12.3. The van der Waals surface area contributed by atoms with E-state index in [1.807, 2.05) is 0 Å². The lowest BCUT2D eigenvalue weighted by molar-refractivity contribution is -0.140. The molecular formula is C54H80N10O16S2. The third-order valence-electron chi connectivity index (χ3n) is 14.8. The Kier molecular flexibility index (Phi) is 20.6. The lowest BCUT2D eigenvalue weighted by atomic mass is 10.0. The molecule has 8 amide bonds. The Hall–Kier alpha value is -6.78. The second-order valence-electron chi connectivity index (χ2n) is 23.2. The molecule has 26 nitrogen and oxygen atoms in total. The van der Waals surface area contributed by atoms with Gasteiger partial charge in [-0.1, -0.05) is 49.2 Å². The number of carbonyl (C=O) groups is 8. The highest BCUT2D eigenvalue weighted by Crippen LogP contribution is 2.38. The first-order valence-corrected chi connectivity index (χ1v) is 31.0. The average Bonchev–Trinajstić information content (AvgIpc) is 4.35. The summed E-state index contributed by atoms with van der Waals surface area (Å²) in [4.78, 5) is 116. The van der Waals surface area contributed by atoms with Crippen molar-refractivity contribution >= 4 is 79.4 Å². The van der Waals surface area contributed by atoms with Gasteiger partial charge in [-0.2, -0.15) is 8.61 Å². The Morgan fingerprint density at radius 3 is 1.21 bits per heavy atom. The van der Waals surface area contributed by atoms with Crippen molar-refractivity contribution in [3.8, 4) is 0 Å². The molecule has 0 radical (unpaired) electrons. The molecule has 10 atom stereocenters. The fraction of sp³-hybridized carbons (Fsp3) is 0.630. The van der Waals surface area contributed by atoms with E-state index in [0.29, 0.717) is 11.4 Å². The highest BCUT2D eigenvalue weighted by atomic mass is 32.2. The summed E-state index contributed by atoms with van der Waals surface area (Å²) < 4.78 is 77.8. The first-order valence-electron chi connectivity index (χ1n) is 27.3. The molecule has 4 N–H and O–H groups in total. The Morgan fingerprint density at radius 1 is 0.573 bits per heavy atom. The molecule has 4 heterocycles. The van der Waals surface area contributed by atoms with E-state index in [0.717, 1.165) is 22.3 Å². The van der Waals surface area contributed by atoms with Crippen molar-refractivity contribution in [2.75, 3.05) is 63.4 Å². The van der Waals surface area contributed by atoms with Crippen LogP contribution in [0.4, 0.5) is 30.6 Å². The molecule has 0 saturated carbocycles. The van der Waals surface area contributed by atoms with E-state index in [2.05, 4.69) is 21.3 Å². The van der Waals surface area contributed by atoms with Gasteiger partial charge in [0.25, 0.3) is 0 Å². The number of fused-ring (bicyclic) bond motifs is 2. The van der Waals surface area contributed by atoms with Crippen molar-refractivity contribution in [2.24, 2.45) is 0 Å². The number of unbranched alkanes of at least 4 members (excludes halogenated alkanes) is 1. The first kappa shape index (κ1) is 64.4. The number of amides is 8. The maximum Gasteiger partial charge on any atom is 0.412 e. The van der Waals surface area contributed by atoms with Crippen LogP contribution in [-0.4, -0.2) is 218 Å². The number of hydrogen-bond acceptors (Lipinski definition) is 16. The maximum atomic E-state index is 15.1. The zero-order chi connectivity index (χ0) is 60.8. The quantitative estimate of drug-likeness (QED) is 0.115. The lowest BCUT2D eigenvalue weighted by Crippen LogP contribution is -2.57. The van der Waals surface area contributed by atoms with Crippen molar-refractivity contribution in [3.05, 3.63) is 60.7 Å². The van der Waals surface area contributed by atoms with Crippen molar-refractivity contribution < 1.29 is 74.1 Å². The number of sulfonamides is 2. The van der Waals surface area contributed by atoms with Gasteiger partial charge in [0.05, 0.1) is 49.8 Å². The van der Waals surface area contributed by atoms with Gasteiger partial charge < -0.3 is 39.4 Å². The maximum absolute atomic E-state index is 15.1. The smallest absolute Gasteiger partial charge is 0.412 e. The molecule has 0 aromatic heterocycles. The molecule has 4 aliphatic heterocycles. The van der Waals surface area contributed by atoms with Crippen LogP contribution < -0.4 is 21.3 Å². The molecule has 454 valence electrons. The lowest BCUT2D eigenvalue weighted by Gasteiger charge is -2.33. The SMILES string of the molecule is C[C@@H](C(=O)NC(CCCCC(NC(=O)[C@H](C)N(C)C(=O)OC(C)(C)C)C(=O)N1CC[C@@H]2[C@H]1[C@@H](OC(=O)Nc1ccccc1)CN2S(C)(=O)=O)C(=O)N1CC[C@@H]2[C@H]1[C@@H](OC(=O)Nc1ccccc1)CN2S(C)(=O)=O)N(C)C(=O)OC(C)(C)C. The molecule has 28 heteroatoms. The number of anilines is 2. The fourth-order valence-corrected chi connectivity index (χ4v) is 12.9. The Balaban J connectivity index is 1.28. The number of likely N-dealkylation sites (tertiary alicyclic amines) is 2. The number of nitrogens with one attached hydrogen (secondary N) is 4. The minimum atomic E-state index is -3.90. The van der Waals surface area contributed by atoms with Crippen LogP contribution in [0.1, 0.15) is 93.9 Å². The summed E-state index contributed by atoms with van der Waals surface area (Å²) in [5.41, 5.74) is -1.00. The van der Waals surface area contributed by atoms with Crippen molar-refractivity contribution in [3.63, 3.8) is 0 Å². The van der Waals surface area contributed by atoms with Crippen LogP contribution in [0, 0.1) is 0 Å². The van der Waals surface area contributed by atoms with Crippen molar-refractivity contribution in [1.82, 2.24) is 38.8 Å². The Bertz CT molecular complexity index is 2700. The van der Waals surface area contributed by atoms with Gasteiger partial charge in [-0.25, -0.2) is 36.0 Å². The molecule has 6 rings (SSSR count). The monoisotopic (exact) mass is 1190 g/mol. The number of hydrogen-bond donors (Lipinski definition) is 4. The highest BCUT2D eigenvalue weighted by molar-refractivity contribution is 7.88. The zero-order valence-electron chi connectivity index (χ0n) is 48.6. The summed E-state index contributed by atoms with van der Waals surface area (Å²) in [5, 5.41) is 10.8. The number of likely N-dealkylation sites (N-methyl/N-ethyl adjacent to an activating group) is 2. The van der Waals surface area contributed by atoms with E-state index in [1.165, 1.54) is 46.4 Å². The van der Waals surface area contributed by atoms with Crippen LogP contribution in [0.25, 0.3) is 0 Å². The second kappa shape index (κ2) is 26.2. The fourth-order valence-electron chi connectivity index (χ4n) is 10.6. The van der Waals surface area contributed by atoms with Gasteiger partial charge in [-0.05, 0) is 105 Å². The normalized spacial score (nSPS) is 22.5. The molecule has 0 spiro atoms. The molecule has 2 aromatic carbocycles. The van der Waals surface area contributed by atoms with Crippen molar-refractivity contribution in [1.29, 1.82) is 0 Å². The Morgan fingerprint density at radius 2 is 0.902 bits per heavy atom. The predicted octanol–water partition coefficient (Wildman–Crippen LogP) is 3.75. The molecular weight excluding hydrogens is 1110 g/mol. The molecule has 4 aliphatic rings. The summed E-state index contributed by atoms with van der Waals surface area (Å²) in [6, 6.07) is 8.17. The van der Waals surface area contributed by atoms with E-state index in [1.54, 1.807) is 102 Å². The number of carbonyl (C=O) groups excluding carboxylic acids is 8. The topological polar surface area (TPSA) is 309 Å². The summed E-state index contributed by atoms with van der Waals surface area (Å²) in [7, 11) is -5.07. The van der Waals surface area contributed by atoms with Crippen LogP contribution in [0.15, 0.2) is 60.7 Å². The molecule has 82 heavy (non-hydrogen) atoms. The van der Waals surface area contributed by atoms with Crippen LogP contribution >= 0.6 is 0 Å². The number of para-hydroxylation sites is 2. The van der Waals surface area contributed by atoms with E-state index in [4.69, 9.17) is 18.9 Å².